The van der Waals surface area contributed by atoms with Crippen LogP contribution in [-0.2, 0) is 6.54 Å². The highest BCUT2D eigenvalue weighted by Gasteiger charge is 2.23. The van der Waals surface area contributed by atoms with E-state index in [0.717, 1.165) is 24.3 Å². The predicted molar refractivity (Wildman–Crippen MR) is 113 cm³/mol. The van der Waals surface area contributed by atoms with E-state index in [1.165, 1.54) is 22.9 Å². The summed E-state index contributed by atoms with van der Waals surface area (Å²) in [4.78, 5) is 17.6. The van der Waals surface area contributed by atoms with Gasteiger partial charge in [0.15, 0.2) is 0 Å². The van der Waals surface area contributed by atoms with Crippen molar-refractivity contribution in [1.82, 2.24) is 24.3 Å². The number of fused-ring (bicyclic) bond motifs is 1. The van der Waals surface area contributed by atoms with Crippen molar-refractivity contribution in [3.8, 4) is 11.5 Å². The third-order valence-corrected chi connectivity index (χ3v) is 6.55. The van der Waals surface area contributed by atoms with Gasteiger partial charge in [-0.2, -0.15) is 20.5 Å². The van der Waals surface area contributed by atoms with Gasteiger partial charge in [0.2, 0.25) is 5.89 Å². The number of hydrogen-bond acceptors (Lipinski definition) is 6. The Bertz CT molecular complexity index is 1310. The van der Waals surface area contributed by atoms with Crippen LogP contribution >= 0.6 is 11.8 Å². The lowest BCUT2D eigenvalue weighted by Gasteiger charge is -2.22. The van der Waals surface area contributed by atoms with Gasteiger partial charge in [-0.3, -0.25) is 14.1 Å². The van der Waals surface area contributed by atoms with Crippen LogP contribution in [0.4, 0.5) is 13.2 Å². The highest BCUT2D eigenvalue weighted by molar-refractivity contribution is 7.99. The molecular weight excluding hydrogens is 443 g/mol. The topological polar surface area (TPSA) is 78.7 Å². The van der Waals surface area contributed by atoms with Gasteiger partial charge in [-0.25, -0.2) is 9.18 Å². The second-order valence-electron chi connectivity index (χ2n) is 7.50. The molecule has 0 saturated carbocycles. The van der Waals surface area contributed by atoms with Crippen LogP contribution < -0.4 is 5.69 Å². The Hall–Kier alpha value is -3.08. The van der Waals surface area contributed by atoms with Crippen LogP contribution in [0.15, 0.2) is 45.7 Å². The van der Waals surface area contributed by atoms with E-state index in [4.69, 9.17) is 4.42 Å². The number of imidazole rings is 1. The van der Waals surface area contributed by atoms with Gasteiger partial charge in [0.25, 0.3) is 5.89 Å². The fraction of sp³-hybridized carbons (Fsp3) is 0.333. The molecule has 0 unspecified atom stereocenters. The summed E-state index contributed by atoms with van der Waals surface area (Å²) in [6.45, 7) is 0.139. The molecule has 3 aromatic heterocycles. The highest BCUT2D eigenvalue weighted by Crippen LogP contribution is 2.29. The molecule has 4 heterocycles. The van der Waals surface area contributed by atoms with Crippen molar-refractivity contribution in [1.29, 1.82) is 0 Å². The number of aromatic nitrogens is 5. The first kappa shape index (κ1) is 20.8. The van der Waals surface area contributed by atoms with E-state index in [9.17, 15) is 18.0 Å². The summed E-state index contributed by atoms with van der Waals surface area (Å²) in [7, 11) is 0. The third-order valence-electron chi connectivity index (χ3n) is 5.50. The molecule has 4 aromatic rings. The Morgan fingerprint density at radius 1 is 1.12 bits per heavy atom. The smallest absolute Gasteiger partial charge is 0.329 e. The Morgan fingerprint density at radius 3 is 2.62 bits per heavy atom. The molecule has 0 atom stereocenters. The van der Waals surface area contributed by atoms with Crippen molar-refractivity contribution < 1.29 is 17.6 Å². The van der Waals surface area contributed by atoms with Gasteiger partial charge in [0.05, 0.1) is 28.8 Å². The van der Waals surface area contributed by atoms with Gasteiger partial charge in [-0.15, -0.1) is 10.2 Å². The number of benzene rings is 1. The first-order valence-corrected chi connectivity index (χ1v) is 11.2. The first-order chi connectivity index (χ1) is 15.5. The number of thioether (sulfide) groups is 1. The third kappa shape index (κ3) is 3.81. The van der Waals surface area contributed by atoms with E-state index in [-0.39, 0.29) is 24.2 Å². The molecule has 166 valence electrons. The molecule has 1 aliphatic rings. The van der Waals surface area contributed by atoms with Crippen LogP contribution in [0, 0.1) is 5.82 Å². The number of hydrogen-bond donors (Lipinski definition) is 0. The first-order valence-electron chi connectivity index (χ1n) is 10.1. The standard InChI is InChI=1S/C21H18F3N5O2S/c22-13-2-4-16-17(9-13)28(21(30)29(16)15-5-7-32-8-6-15)11-14-3-1-12(10-25-14)19-26-27-20(31-19)18(23)24/h1-4,9-10,15,18H,5-8,11H2. The number of nitrogens with zero attached hydrogens (tertiary/aromatic N) is 5. The summed E-state index contributed by atoms with van der Waals surface area (Å²) < 4.78 is 47.6. The minimum Gasteiger partial charge on any atom is -0.415 e. The quantitative estimate of drug-likeness (QED) is 0.437. The van der Waals surface area contributed by atoms with Crippen LogP contribution in [0.25, 0.3) is 22.5 Å². The minimum absolute atomic E-state index is 0.0645. The average molecular weight is 461 g/mol. The lowest BCUT2D eigenvalue weighted by atomic mass is 10.1. The number of alkyl halides is 2. The zero-order chi connectivity index (χ0) is 22.2. The maximum Gasteiger partial charge on any atom is 0.329 e. The summed E-state index contributed by atoms with van der Waals surface area (Å²) in [5, 5.41) is 6.91. The molecule has 0 spiro atoms. The molecule has 1 fully saturated rings. The summed E-state index contributed by atoms with van der Waals surface area (Å²) in [6, 6.07) is 7.71. The summed E-state index contributed by atoms with van der Waals surface area (Å²) >= 11 is 1.87. The normalized spacial score (nSPS) is 15.1. The number of pyridine rings is 1. The van der Waals surface area contributed by atoms with E-state index >= 15 is 0 Å². The van der Waals surface area contributed by atoms with Crippen LogP contribution in [0.3, 0.4) is 0 Å². The van der Waals surface area contributed by atoms with E-state index in [2.05, 4.69) is 15.2 Å². The second kappa shape index (κ2) is 8.45. The molecule has 32 heavy (non-hydrogen) atoms. The maximum absolute atomic E-state index is 14.0. The largest absolute Gasteiger partial charge is 0.415 e. The van der Waals surface area contributed by atoms with E-state index in [0.29, 0.717) is 22.3 Å². The molecule has 11 heteroatoms. The van der Waals surface area contributed by atoms with Crippen LogP contribution in [-0.4, -0.2) is 35.8 Å². The minimum atomic E-state index is -2.85. The van der Waals surface area contributed by atoms with E-state index in [1.54, 1.807) is 22.8 Å². The zero-order valence-corrected chi connectivity index (χ0v) is 17.6. The number of rotatable bonds is 5. The Kier molecular flexibility index (Phi) is 5.50. The molecule has 1 aliphatic heterocycles. The van der Waals surface area contributed by atoms with Crippen molar-refractivity contribution in [2.24, 2.45) is 0 Å². The van der Waals surface area contributed by atoms with Gasteiger partial charge in [-0.1, -0.05) is 0 Å². The van der Waals surface area contributed by atoms with E-state index < -0.39 is 18.1 Å². The van der Waals surface area contributed by atoms with Gasteiger partial charge >= 0.3 is 12.1 Å². The van der Waals surface area contributed by atoms with Crippen molar-refractivity contribution >= 4 is 22.8 Å². The van der Waals surface area contributed by atoms with Gasteiger partial charge in [0, 0.05) is 12.2 Å². The predicted octanol–water partition coefficient (Wildman–Crippen LogP) is 4.44. The van der Waals surface area contributed by atoms with Crippen LogP contribution in [0.2, 0.25) is 0 Å². The fourth-order valence-corrected chi connectivity index (χ4v) is 5.03. The van der Waals surface area contributed by atoms with Crippen molar-refractivity contribution in [2.45, 2.75) is 31.9 Å². The summed E-state index contributed by atoms with van der Waals surface area (Å²) in [5.74, 6) is 0.725. The molecule has 1 aromatic carbocycles. The molecule has 1 saturated heterocycles. The highest BCUT2D eigenvalue weighted by atomic mass is 32.2. The van der Waals surface area contributed by atoms with Gasteiger partial charge in [0.1, 0.15) is 5.82 Å². The molecule has 0 bridgehead atoms. The van der Waals surface area contributed by atoms with Crippen molar-refractivity contribution in [3.05, 3.63) is 64.4 Å². The van der Waals surface area contributed by atoms with Crippen LogP contribution in [0.5, 0.6) is 0 Å². The van der Waals surface area contributed by atoms with Crippen LogP contribution in [0.1, 0.15) is 36.9 Å². The molecule has 0 radical (unpaired) electrons. The van der Waals surface area contributed by atoms with Gasteiger partial charge in [-0.05, 0) is 54.7 Å². The molecular formula is C21H18F3N5O2S. The molecule has 5 rings (SSSR count). The lowest BCUT2D eigenvalue weighted by Crippen LogP contribution is -2.29. The zero-order valence-electron chi connectivity index (χ0n) is 16.7. The summed E-state index contributed by atoms with van der Waals surface area (Å²) in [5.41, 5.74) is 1.94. The molecule has 0 aliphatic carbocycles. The Morgan fingerprint density at radius 2 is 1.94 bits per heavy atom. The Labute approximate surface area is 184 Å². The van der Waals surface area contributed by atoms with Gasteiger partial charge < -0.3 is 4.42 Å². The summed E-state index contributed by atoms with van der Waals surface area (Å²) in [6.07, 6.45) is 0.342. The second-order valence-corrected chi connectivity index (χ2v) is 8.72. The molecule has 0 amide bonds. The number of halogens is 3. The Balaban J connectivity index is 1.49. The molecule has 0 N–H and O–H groups in total. The van der Waals surface area contributed by atoms with Crippen molar-refractivity contribution in [2.75, 3.05) is 11.5 Å². The SMILES string of the molecule is O=c1n(Cc2ccc(-c3nnc(C(F)F)o3)cn2)c2cc(F)ccc2n1C1CCSCC1. The van der Waals surface area contributed by atoms with Crippen molar-refractivity contribution in [3.63, 3.8) is 0 Å². The van der Waals surface area contributed by atoms with E-state index in [1.807, 2.05) is 11.8 Å². The molecule has 7 nitrogen and oxygen atoms in total. The lowest BCUT2D eigenvalue weighted by molar-refractivity contribution is 0.116. The fourth-order valence-electron chi connectivity index (χ4n) is 3.95. The average Bonchev–Trinajstić information content (AvgIpc) is 3.39. The maximum atomic E-state index is 14.0. The monoisotopic (exact) mass is 461 g/mol.